The Hall–Kier alpha value is -2.72. The fourth-order valence-electron chi connectivity index (χ4n) is 3.04. The molecule has 0 saturated carbocycles. The van der Waals surface area contributed by atoms with Gasteiger partial charge in [-0.2, -0.15) is 0 Å². The molecule has 0 radical (unpaired) electrons. The van der Waals surface area contributed by atoms with E-state index in [9.17, 15) is 0 Å². The van der Waals surface area contributed by atoms with E-state index < -0.39 is 8.32 Å². The zero-order valence-corrected chi connectivity index (χ0v) is 20.3. The quantitative estimate of drug-likeness (QED) is 0.383. The molecule has 0 unspecified atom stereocenters. The lowest BCUT2D eigenvalue weighted by Crippen LogP contribution is -2.43. The standard InChI is InChI=1S/C26H34N2OSi/c1-26(2,3)30(6,7)29-25-19-17-24(18-20-25)28(5)23-15-13-22(14-16-23)27(4)21-11-9-8-10-12-21/h8-20H,1-7H3. The van der Waals surface area contributed by atoms with Gasteiger partial charge in [0, 0.05) is 36.8 Å². The number of nitrogens with zero attached hydrogens (tertiary/aromatic N) is 2. The Labute approximate surface area is 183 Å². The molecule has 3 rings (SSSR count). The summed E-state index contributed by atoms with van der Waals surface area (Å²) in [5, 5.41) is 0.192. The average molecular weight is 419 g/mol. The minimum Gasteiger partial charge on any atom is -0.544 e. The molecule has 0 N–H and O–H groups in total. The molecule has 0 fully saturated rings. The van der Waals surface area contributed by atoms with E-state index in [0.717, 1.165) is 22.8 Å². The minimum atomic E-state index is -1.82. The maximum absolute atomic E-state index is 6.41. The lowest BCUT2D eigenvalue weighted by Gasteiger charge is -2.36. The first-order chi connectivity index (χ1) is 14.1. The van der Waals surface area contributed by atoms with Gasteiger partial charge in [-0.25, -0.2) is 0 Å². The van der Waals surface area contributed by atoms with Crippen LogP contribution < -0.4 is 14.2 Å². The van der Waals surface area contributed by atoms with Gasteiger partial charge in [-0.05, 0) is 78.8 Å². The first-order valence-corrected chi connectivity index (χ1v) is 13.4. The number of hydrogen-bond donors (Lipinski definition) is 0. The molecule has 4 heteroatoms. The van der Waals surface area contributed by atoms with Crippen LogP contribution >= 0.6 is 0 Å². The number of anilines is 4. The molecule has 0 aromatic heterocycles. The molecule has 0 aliphatic heterocycles. The van der Waals surface area contributed by atoms with Gasteiger partial charge >= 0.3 is 0 Å². The fourth-order valence-corrected chi connectivity index (χ4v) is 4.07. The second-order valence-corrected chi connectivity index (χ2v) is 14.1. The Morgan fingerprint density at radius 2 is 0.967 bits per heavy atom. The van der Waals surface area contributed by atoms with Crippen molar-refractivity contribution in [2.24, 2.45) is 0 Å². The summed E-state index contributed by atoms with van der Waals surface area (Å²) in [5.41, 5.74) is 4.63. The highest BCUT2D eigenvalue weighted by atomic mass is 28.4. The zero-order valence-electron chi connectivity index (χ0n) is 19.3. The monoisotopic (exact) mass is 418 g/mol. The second kappa shape index (κ2) is 8.56. The largest absolute Gasteiger partial charge is 0.544 e. The maximum Gasteiger partial charge on any atom is 0.250 e. The third-order valence-electron chi connectivity index (χ3n) is 6.17. The summed E-state index contributed by atoms with van der Waals surface area (Å²) in [5.74, 6) is 0.957. The van der Waals surface area contributed by atoms with Crippen molar-refractivity contribution in [3.63, 3.8) is 0 Å². The Bertz CT molecular complexity index is 945. The van der Waals surface area contributed by atoms with Gasteiger partial charge in [-0.1, -0.05) is 39.0 Å². The van der Waals surface area contributed by atoms with Crippen LogP contribution in [0.3, 0.4) is 0 Å². The van der Waals surface area contributed by atoms with Crippen LogP contribution in [-0.2, 0) is 0 Å². The van der Waals surface area contributed by atoms with E-state index in [1.54, 1.807) is 0 Å². The van der Waals surface area contributed by atoms with Gasteiger partial charge in [0.15, 0.2) is 0 Å². The highest BCUT2D eigenvalue weighted by Gasteiger charge is 2.38. The molecule has 0 aliphatic rings. The van der Waals surface area contributed by atoms with Gasteiger partial charge in [0.05, 0.1) is 0 Å². The lowest BCUT2D eigenvalue weighted by atomic mass is 10.2. The Morgan fingerprint density at radius 1 is 0.600 bits per heavy atom. The number of hydrogen-bond acceptors (Lipinski definition) is 3. The molecule has 3 aromatic carbocycles. The van der Waals surface area contributed by atoms with Crippen molar-refractivity contribution in [2.75, 3.05) is 23.9 Å². The van der Waals surface area contributed by atoms with Crippen LogP contribution in [0.1, 0.15) is 20.8 Å². The summed E-state index contributed by atoms with van der Waals surface area (Å²) in [4.78, 5) is 4.39. The van der Waals surface area contributed by atoms with Crippen LogP contribution in [0.5, 0.6) is 5.75 Å². The van der Waals surface area contributed by atoms with E-state index in [1.807, 2.05) is 6.07 Å². The second-order valence-electron chi connectivity index (χ2n) is 9.33. The summed E-state index contributed by atoms with van der Waals surface area (Å²) in [7, 11) is 2.37. The molecule has 3 nitrogen and oxygen atoms in total. The average Bonchev–Trinajstić information content (AvgIpc) is 2.73. The molecule has 0 amide bonds. The van der Waals surface area contributed by atoms with Gasteiger partial charge in [-0.3, -0.25) is 0 Å². The van der Waals surface area contributed by atoms with Crippen molar-refractivity contribution in [3.8, 4) is 5.75 Å². The van der Waals surface area contributed by atoms with Gasteiger partial charge < -0.3 is 14.2 Å². The van der Waals surface area contributed by atoms with Crippen LogP contribution in [0.25, 0.3) is 0 Å². The molecule has 158 valence electrons. The van der Waals surface area contributed by atoms with Crippen LogP contribution in [0.15, 0.2) is 78.9 Å². The Balaban J connectivity index is 1.71. The van der Waals surface area contributed by atoms with Gasteiger partial charge in [0.1, 0.15) is 5.75 Å². The maximum atomic E-state index is 6.41. The predicted molar refractivity (Wildman–Crippen MR) is 133 cm³/mol. The minimum absolute atomic E-state index is 0.192. The zero-order chi connectivity index (χ0) is 21.9. The number of rotatable bonds is 6. The highest BCUT2D eigenvalue weighted by molar-refractivity contribution is 6.74. The van der Waals surface area contributed by atoms with Crippen LogP contribution in [0, 0.1) is 0 Å². The van der Waals surface area contributed by atoms with Crippen molar-refractivity contribution in [3.05, 3.63) is 78.9 Å². The summed E-state index contributed by atoms with van der Waals surface area (Å²) in [6.45, 7) is 11.4. The normalized spacial score (nSPS) is 11.8. The molecule has 0 aliphatic carbocycles. The van der Waals surface area contributed by atoms with E-state index in [2.05, 4.69) is 131 Å². The Morgan fingerprint density at radius 3 is 1.37 bits per heavy atom. The van der Waals surface area contributed by atoms with Gasteiger partial charge in [0.25, 0.3) is 0 Å². The van der Waals surface area contributed by atoms with E-state index >= 15 is 0 Å². The molecule has 0 heterocycles. The highest BCUT2D eigenvalue weighted by Crippen LogP contribution is 2.38. The van der Waals surface area contributed by atoms with Crippen molar-refractivity contribution in [1.82, 2.24) is 0 Å². The van der Waals surface area contributed by atoms with Crippen LogP contribution in [0.4, 0.5) is 22.7 Å². The molecule has 0 spiro atoms. The molecular weight excluding hydrogens is 384 g/mol. The molecule has 3 aromatic rings. The smallest absolute Gasteiger partial charge is 0.250 e. The third kappa shape index (κ3) is 4.88. The molecule has 0 atom stereocenters. The number of benzene rings is 3. The Kier molecular flexibility index (Phi) is 6.27. The van der Waals surface area contributed by atoms with Gasteiger partial charge in [0.2, 0.25) is 8.32 Å². The van der Waals surface area contributed by atoms with Crippen LogP contribution in [-0.4, -0.2) is 22.4 Å². The van der Waals surface area contributed by atoms with Crippen LogP contribution in [0.2, 0.25) is 18.1 Å². The molecular formula is C26H34N2OSi. The first-order valence-electron chi connectivity index (χ1n) is 10.5. The summed E-state index contributed by atoms with van der Waals surface area (Å²) in [6.07, 6.45) is 0. The van der Waals surface area contributed by atoms with Crippen molar-refractivity contribution < 1.29 is 4.43 Å². The van der Waals surface area contributed by atoms with Crippen molar-refractivity contribution in [2.45, 2.75) is 38.9 Å². The topological polar surface area (TPSA) is 15.7 Å². The molecule has 30 heavy (non-hydrogen) atoms. The first kappa shape index (κ1) is 22.0. The third-order valence-corrected chi connectivity index (χ3v) is 10.5. The number of para-hydroxylation sites is 1. The van der Waals surface area contributed by atoms with E-state index in [-0.39, 0.29) is 5.04 Å². The van der Waals surface area contributed by atoms with E-state index in [4.69, 9.17) is 4.43 Å². The van der Waals surface area contributed by atoms with E-state index in [0.29, 0.717) is 0 Å². The fraction of sp³-hybridized carbons (Fsp3) is 0.308. The van der Waals surface area contributed by atoms with Crippen molar-refractivity contribution >= 4 is 31.1 Å². The summed E-state index contributed by atoms with van der Waals surface area (Å²) in [6, 6.07) is 27.5. The summed E-state index contributed by atoms with van der Waals surface area (Å²) < 4.78 is 6.41. The lowest BCUT2D eigenvalue weighted by molar-refractivity contribution is 0.492. The SMILES string of the molecule is CN(c1ccccc1)c1ccc(N(C)c2ccc(O[Si](C)(C)C(C)(C)C)cc2)cc1. The van der Waals surface area contributed by atoms with Crippen molar-refractivity contribution in [1.29, 1.82) is 0 Å². The molecule has 0 saturated heterocycles. The van der Waals surface area contributed by atoms with Gasteiger partial charge in [-0.15, -0.1) is 0 Å². The molecule has 0 bridgehead atoms. The predicted octanol–water partition coefficient (Wildman–Crippen LogP) is 7.61. The summed E-state index contributed by atoms with van der Waals surface area (Å²) >= 11 is 0. The van der Waals surface area contributed by atoms with E-state index in [1.165, 1.54) is 5.69 Å².